The molecule has 5 rings (SSSR count). The molecule has 0 aliphatic rings. The summed E-state index contributed by atoms with van der Waals surface area (Å²) in [7, 11) is 0. The molecule has 0 aliphatic heterocycles. The summed E-state index contributed by atoms with van der Waals surface area (Å²) in [5.41, 5.74) is 4.67. The van der Waals surface area contributed by atoms with Crippen molar-refractivity contribution in [2.24, 2.45) is 0 Å². The lowest BCUT2D eigenvalue weighted by molar-refractivity contribution is 1.56. The fourth-order valence-corrected chi connectivity index (χ4v) is 3.73. The van der Waals surface area contributed by atoms with Gasteiger partial charge < -0.3 is 5.32 Å². The second-order valence-corrected chi connectivity index (χ2v) is 6.76. The average molecular weight is 345 g/mol. The van der Waals surface area contributed by atoms with E-state index in [1.165, 1.54) is 32.7 Å². The van der Waals surface area contributed by atoms with E-state index in [0.29, 0.717) is 0 Å². The van der Waals surface area contributed by atoms with Crippen molar-refractivity contribution < 1.29 is 0 Å². The topological polar surface area (TPSA) is 12.0 Å². The molecule has 0 bridgehead atoms. The van der Waals surface area contributed by atoms with Gasteiger partial charge in [0.25, 0.3) is 0 Å². The normalized spacial score (nSPS) is 11.0. The number of hydrogen-bond acceptors (Lipinski definition) is 1. The minimum absolute atomic E-state index is 1.09. The standard InChI is InChI=1S/C26H19N/c1-2-8-19(9-3-1)22-12-6-13-23(18-22)27-25-15-7-11-21-17-16-20-10-4-5-14-24(20)26(21)25/h1-18,27H. The van der Waals surface area contributed by atoms with Crippen LogP contribution >= 0.6 is 0 Å². The van der Waals surface area contributed by atoms with Gasteiger partial charge in [0.1, 0.15) is 0 Å². The van der Waals surface area contributed by atoms with E-state index in [9.17, 15) is 0 Å². The van der Waals surface area contributed by atoms with Crippen molar-refractivity contribution in [3.8, 4) is 11.1 Å². The first kappa shape index (κ1) is 15.7. The van der Waals surface area contributed by atoms with Gasteiger partial charge in [-0.3, -0.25) is 0 Å². The molecule has 0 heterocycles. The van der Waals surface area contributed by atoms with Gasteiger partial charge in [0, 0.05) is 16.8 Å². The Hall–Kier alpha value is -3.58. The number of anilines is 2. The number of benzene rings is 5. The van der Waals surface area contributed by atoms with Crippen molar-refractivity contribution in [2.75, 3.05) is 5.32 Å². The molecule has 0 atom stereocenters. The zero-order valence-corrected chi connectivity index (χ0v) is 14.9. The molecule has 0 radical (unpaired) electrons. The van der Waals surface area contributed by atoms with Crippen molar-refractivity contribution >= 4 is 32.9 Å². The average Bonchev–Trinajstić information content (AvgIpc) is 2.74. The first-order valence-corrected chi connectivity index (χ1v) is 9.21. The number of nitrogens with one attached hydrogen (secondary N) is 1. The maximum absolute atomic E-state index is 3.65. The maximum atomic E-state index is 3.65. The zero-order valence-electron chi connectivity index (χ0n) is 14.9. The van der Waals surface area contributed by atoms with Crippen LogP contribution in [0.1, 0.15) is 0 Å². The second-order valence-electron chi connectivity index (χ2n) is 6.76. The number of fused-ring (bicyclic) bond motifs is 3. The SMILES string of the molecule is c1ccc(-c2cccc(Nc3cccc4ccc5ccccc5c34)c2)cc1. The van der Waals surface area contributed by atoms with Crippen LogP contribution < -0.4 is 5.32 Å². The minimum atomic E-state index is 1.09. The number of hydrogen-bond donors (Lipinski definition) is 1. The van der Waals surface area contributed by atoms with Gasteiger partial charge in [-0.15, -0.1) is 0 Å². The molecule has 128 valence electrons. The lowest BCUT2D eigenvalue weighted by Crippen LogP contribution is -1.92. The zero-order chi connectivity index (χ0) is 18.1. The van der Waals surface area contributed by atoms with Crippen LogP contribution in [0.15, 0.2) is 109 Å². The van der Waals surface area contributed by atoms with E-state index >= 15 is 0 Å². The monoisotopic (exact) mass is 345 g/mol. The third-order valence-electron chi connectivity index (χ3n) is 5.02. The molecule has 1 heteroatoms. The lowest BCUT2D eigenvalue weighted by atomic mass is 10.00. The van der Waals surface area contributed by atoms with Crippen LogP contribution in [0.4, 0.5) is 11.4 Å². The lowest BCUT2D eigenvalue weighted by Gasteiger charge is -2.13. The molecule has 5 aromatic carbocycles. The summed E-state index contributed by atoms with van der Waals surface area (Å²) in [6.07, 6.45) is 0. The van der Waals surface area contributed by atoms with Gasteiger partial charge in [-0.25, -0.2) is 0 Å². The molecule has 0 amide bonds. The van der Waals surface area contributed by atoms with Crippen molar-refractivity contribution in [2.45, 2.75) is 0 Å². The Bertz CT molecular complexity index is 1240. The summed E-state index contributed by atoms with van der Waals surface area (Å²) in [6, 6.07) is 38.5. The molecule has 27 heavy (non-hydrogen) atoms. The first-order valence-electron chi connectivity index (χ1n) is 9.21. The Morgan fingerprint density at radius 1 is 0.481 bits per heavy atom. The Morgan fingerprint density at radius 2 is 1.19 bits per heavy atom. The molecular formula is C26H19N. The Balaban J connectivity index is 1.62. The maximum Gasteiger partial charge on any atom is 0.0470 e. The van der Waals surface area contributed by atoms with Crippen LogP contribution in [0.3, 0.4) is 0 Å². The van der Waals surface area contributed by atoms with Gasteiger partial charge in [-0.1, -0.05) is 91.0 Å². The molecule has 0 aliphatic carbocycles. The smallest absolute Gasteiger partial charge is 0.0470 e. The fourth-order valence-electron chi connectivity index (χ4n) is 3.73. The summed E-state index contributed by atoms with van der Waals surface area (Å²) in [5, 5.41) is 8.70. The summed E-state index contributed by atoms with van der Waals surface area (Å²) >= 11 is 0. The third-order valence-corrected chi connectivity index (χ3v) is 5.02. The Morgan fingerprint density at radius 3 is 2.11 bits per heavy atom. The molecule has 5 aromatic rings. The quantitative estimate of drug-likeness (QED) is 0.336. The van der Waals surface area contributed by atoms with Crippen molar-refractivity contribution in [1.29, 1.82) is 0 Å². The Labute approximate surface area is 158 Å². The van der Waals surface area contributed by atoms with Gasteiger partial charge in [-0.2, -0.15) is 0 Å². The summed E-state index contributed by atoms with van der Waals surface area (Å²) in [6.45, 7) is 0. The highest BCUT2D eigenvalue weighted by Crippen LogP contribution is 2.33. The van der Waals surface area contributed by atoms with Gasteiger partial charge in [0.2, 0.25) is 0 Å². The highest BCUT2D eigenvalue weighted by Gasteiger charge is 2.06. The van der Waals surface area contributed by atoms with E-state index in [1.54, 1.807) is 0 Å². The summed E-state index contributed by atoms with van der Waals surface area (Å²) in [4.78, 5) is 0. The third kappa shape index (κ3) is 2.94. The van der Waals surface area contributed by atoms with E-state index in [0.717, 1.165) is 11.4 Å². The molecule has 0 saturated heterocycles. The predicted molar refractivity (Wildman–Crippen MR) is 117 cm³/mol. The summed E-state index contributed by atoms with van der Waals surface area (Å²) < 4.78 is 0. The van der Waals surface area contributed by atoms with Crippen molar-refractivity contribution in [1.82, 2.24) is 0 Å². The van der Waals surface area contributed by atoms with E-state index < -0.39 is 0 Å². The van der Waals surface area contributed by atoms with Crippen molar-refractivity contribution in [3.63, 3.8) is 0 Å². The van der Waals surface area contributed by atoms with Gasteiger partial charge in [-0.05, 0) is 45.5 Å². The van der Waals surface area contributed by atoms with Crippen LogP contribution in [-0.2, 0) is 0 Å². The molecule has 0 fully saturated rings. The van der Waals surface area contributed by atoms with Crippen LogP contribution in [0.5, 0.6) is 0 Å². The molecular weight excluding hydrogens is 326 g/mol. The molecule has 0 spiro atoms. The molecule has 0 saturated carbocycles. The van der Waals surface area contributed by atoms with Gasteiger partial charge in [0.05, 0.1) is 0 Å². The van der Waals surface area contributed by atoms with Crippen molar-refractivity contribution in [3.05, 3.63) is 109 Å². The molecule has 0 aromatic heterocycles. The molecule has 1 N–H and O–H groups in total. The predicted octanol–water partition coefficient (Wildman–Crippen LogP) is 7.40. The van der Waals surface area contributed by atoms with Crippen LogP contribution in [0, 0.1) is 0 Å². The number of rotatable bonds is 3. The fraction of sp³-hybridized carbons (Fsp3) is 0. The highest BCUT2D eigenvalue weighted by atomic mass is 14.9. The summed E-state index contributed by atoms with van der Waals surface area (Å²) in [5.74, 6) is 0. The van der Waals surface area contributed by atoms with E-state index in [-0.39, 0.29) is 0 Å². The second kappa shape index (κ2) is 6.62. The van der Waals surface area contributed by atoms with E-state index in [4.69, 9.17) is 0 Å². The van der Waals surface area contributed by atoms with Gasteiger partial charge >= 0.3 is 0 Å². The first-order chi connectivity index (χ1) is 13.4. The Kier molecular flexibility index (Phi) is 3.84. The highest BCUT2D eigenvalue weighted by molar-refractivity contribution is 6.13. The van der Waals surface area contributed by atoms with E-state index in [1.807, 2.05) is 6.07 Å². The van der Waals surface area contributed by atoms with Crippen LogP contribution in [0.25, 0.3) is 32.7 Å². The molecule has 0 unspecified atom stereocenters. The van der Waals surface area contributed by atoms with Crippen LogP contribution in [-0.4, -0.2) is 0 Å². The van der Waals surface area contributed by atoms with E-state index in [2.05, 4.69) is 108 Å². The largest absolute Gasteiger partial charge is 0.355 e. The van der Waals surface area contributed by atoms with Crippen LogP contribution in [0.2, 0.25) is 0 Å². The molecule has 1 nitrogen and oxygen atoms in total. The van der Waals surface area contributed by atoms with Gasteiger partial charge in [0.15, 0.2) is 0 Å². The minimum Gasteiger partial charge on any atom is -0.355 e.